The maximum Gasteiger partial charge on any atom is 0.225 e. The number of methoxy groups -OCH3 is 2. The van der Waals surface area contributed by atoms with Crippen LogP contribution in [0.25, 0.3) is 10.8 Å². The Morgan fingerprint density at radius 3 is 2.55 bits per heavy atom. The molecule has 6 heteroatoms. The predicted octanol–water partition coefficient (Wildman–Crippen LogP) is 4.13. The van der Waals surface area contributed by atoms with Crippen LogP contribution >= 0.6 is 0 Å². The molecule has 1 heterocycles. The molecule has 0 saturated carbocycles. The molecule has 2 unspecified atom stereocenters. The second-order valence-corrected chi connectivity index (χ2v) is 8.52. The van der Waals surface area contributed by atoms with E-state index in [4.69, 9.17) is 9.47 Å². The number of rotatable bonds is 8. The van der Waals surface area contributed by atoms with E-state index >= 15 is 0 Å². The summed E-state index contributed by atoms with van der Waals surface area (Å²) < 4.78 is 10.6. The number of ether oxygens (including phenoxy) is 2. The molecule has 1 fully saturated rings. The zero-order valence-electron chi connectivity index (χ0n) is 19.3. The first-order valence-corrected chi connectivity index (χ1v) is 11.3. The van der Waals surface area contributed by atoms with Gasteiger partial charge in [0.05, 0.1) is 26.2 Å². The van der Waals surface area contributed by atoms with Gasteiger partial charge in [0.2, 0.25) is 11.8 Å². The summed E-state index contributed by atoms with van der Waals surface area (Å²) in [6, 6.07) is 20.0. The van der Waals surface area contributed by atoms with E-state index in [9.17, 15) is 9.59 Å². The fourth-order valence-electron chi connectivity index (χ4n) is 4.36. The van der Waals surface area contributed by atoms with E-state index < -0.39 is 0 Å². The molecule has 0 radical (unpaired) electrons. The second kappa shape index (κ2) is 9.94. The first-order chi connectivity index (χ1) is 16.0. The van der Waals surface area contributed by atoms with E-state index in [1.165, 1.54) is 5.39 Å². The molecule has 1 aliphatic heterocycles. The Hall–Kier alpha value is -3.54. The lowest BCUT2D eigenvalue weighted by Crippen LogP contribution is -2.35. The van der Waals surface area contributed by atoms with Gasteiger partial charge in [-0.05, 0) is 53.4 Å². The number of fused-ring (bicyclic) bond motifs is 1. The summed E-state index contributed by atoms with van der Waals surface area (Å²) in [6.07, 6.45) is 0.941. The van der Waals surface area contributed by atoms with Gasteiger partial charge < -0.3 is 19.7 Å². The molecule has 4 rings (SSSR count). The molecular formula is C27H30N2O4. The first-order valence-electron chi connectivity index (χ1n) is 11.3. The summed E-state index contributed by atoms with van der Waals surface area (Å²) in [4.78, 5) is 27.2. The quantitative estimate of drug-likeness (QED) is 0.565. The zero-order chi connectivity index (χ0) is 23.4. The Morgan fingerprint density at radius 2 is 1.79 bits per heavy atom. The summed E-state index contributed by atoms with van der Waals surface area (Å²) in [7, 11) is 3.21. The van der Waals surface area contributed by atoms with Gasteiger partial charge in [0, 0.05) is 19.5 Å². The largest absolute Gasteiger partial charge is 0.493 e. The van der Waals surface area contributed by atoms with Crippen molar-refractivity contribution in [3.8, 4) is 11.5 Å². The normalized spacial score (nSPS) is 16.6. The molecule has 2 atom stereocenters. The van der Waals surface area contributed by atoms with Crippen LogP contribution in [0.5, 0.6) is 11.5 Å². The van der Waals surface area contributed by atoms with Gasteiger partial charge in [-0.2, -0.15) is 0 Å². The molecule has 0 spiro atoms. The molecule has 2 amide bonds. The summed E-state index contributed by atoms with van der Waals surface area (Å²) >= 11 is 0. The monoisotopic (exact) mass is 446 g/mol. The number of benzene rings is 3. The molecule has 1 N–H and O–H groups in total. The van der Waals surface area contributed by atoms with E-state index in [0.717, 1.165) is 16.5 Å². The molecule has 0 bridgehead atoms. The van der Waals surface area contributed by atoms with Crippen molar-refractivity contribution in [1.82, 2.24) is 10.2 Å². The highest BCUT2D eigenvalue weighted by Gasteiger charge is 2.34. The fraction of sp³-hybridized carbons (Fsp3) is 0.333. The van der Waals surface area contributed by atoms with E-state index in [2.05, 4.69) is 29.6 Å². The summed E-state index contributed by atoms with van der Waals surface area (Å²) in [5, 5.41) is 5.42. The Kier molecular flexibility index (Phi) is 6.82. The molecule has 0 aliphatic carbocycles. The highest BCUT2D eigenvalue weighted by molar-refractivity contribution is 5.89. The van der Waals surface area contributed by atoms with Crippen molar-refractivity contribution < 1.29 is 19.1 Å². The number of hydrogen-bond acceptors (Lipinski definition) is 4. The molecule has 33 heavy (non-hydrogen) atoms. The van der Waals surface area contributed by atoms with Crippen LogP contribution in [-0.4, -0.2) is 44.0 Å². The number of carbonyl (C=O) groups is 2. The zero-order valence-corrected chi connectivity index (χ0v) is 19.3. The Balaban J connectivity index is 1.33. The van der Waals surface area contributed by atoms with Crippen molar-refractivity contribution >= 4 is 22.6 Å². The summed E-state index contributed by atoms with van der Waals surface area (Å²) in [6.45, 7) is 2.99. The van der Waals surface area contributed by atoms with Gasteiger partial charge >= 0.3 is 0 Å². The van der Waals surface area contributed by atoms with Crippen molar-refractivity contribution in [3.63, 3.8) is 0 Å². The summed E-state index contributed by atoms with van der Waals surface area (Å²) in [5.74, 6) is 0.968. The Morgan fingerprint density at radius 1 is 1.03 bits per heavy atom. The third-order valence-corrected chi connectivity index (χ3v) is 6.34. The number of nitrogens with one attached hydrogen (secondary N) is 1. The molecular weight excluding hydrogens is 416 g/mol. The van der Waals surface area contributed by atoms with E-state index in [-0.39, 0.29) is 30.2 Å². The molecule has 1 saturated heterocycles. The summed E-state index contributed by atoms with van der Waals surface area (Å²) in [5.41, 5.74) is 2.11. The highest BCUT2D eigenvalue weighted by atomic mass is 16.5. The van der Waals surface area contributed by atoms with Gasteiger partial charge in [-0.15, -0.1) is 0 Å². The van der Waals surface area contributed by atoms with Crippen molar-refractivity contribution in [3.05, 3.63) is 71.8 Å². The number of amides is 2. The minimum Gasteiger partial charge on any atom is -0.493 e. The first kappa shape index (κ1) is 22.6. The third-order valence-electron chi connectivity index (χ3n) is 6.34. The van der Waals surface area contributed by atoms with Gasteiger partial charge in [0.15, 0.2) is 11.5 Å². The van der Waals surface area contributed by atoms with Crippen LogP contribution in [0, 0.1) is 5.92 Å². The maximum absolute atomic E-state index is 12.9. The Labute approximate surface area is 194 Å². The van der Waals surface area contributed by atoms with Crippen molar-refractivity contribution in [2.45, 2.75) is 25.8 Å². The average molecular weight is 447 g/mol. The van der Waals surface area contributed by atoms with Crippen molar-refractivity contribution in [2.75, 3.05) is 27.3 Å². The van der Waals surface area contributed by atoms with E-state index in [0.29, 0.717) is 31.0 Å². The lowest BCUT2D eigenvalue weighted by atomic mass is 10.0. The van der Waals surface area contributed by atoms with E-state index in [1.807, 2.05) is 43.3 Å². The van der Waals surface area contributed by atoms with Crippen molar-refractivity contribution in [1.29, 1.82) is 0 Å². The number of likely N-dealkylation sites (tertiary alicyclic amines) is 1. The van der Waals surface area contributed by atoms with Crippen LogP contribution < -0.4 is 14.8 Å². The van der Waals surface area contributed by atoms with Crippen LogP contribution in [0.2, 0.25) is 0 Å². The lowest BCUT2D eigenvalue weighted by Gasteiger charge is -2.19. The number of carbonyl (C=O) groups excluding carboxylic acids is 2. The molecule has 6 nitrogen and oxygen atoms in total. The molecule has 1 aliphatic rings. The molecule has 3 aromatic rings. The SMILES string of the molecule is COc1ccc(CCN2CC(C(=O)NC(C)c3ccc4ccccc4c3)CC2=O)cc1OC. The Bertz CT molecular complexity index is 1160. The smallest absolute Gasteiger partial charge is 0.225 e. The predicted molar refractivity (Wildman–Crippen MR) is 128 cm³/mol. The van der Waals surface area contributed by atoms with Gasteiger partial charge in [0.25, 0.3) is 0 Å². The lowest BCUT2D eigenvalue weighted by molar-refractivity contribution is -0.129. The molecule has 3 aromatic carbocycles. The average Bonchev–Trinajstić information content (AvgIpc) is 3.22. The topological polar surface area (TPSA) is 67.9 Å². The number of hydrogen-bond donors (Lipinski definition) is 1. The van der Waals surface area contributed by atoms with Crippen molar-refractivity contribution in [2.24, 2.45) is 5.92 Å². The third kappa shape index (κ3) is 5.11. The van der Waals surface area contributed by atoms with Gasteiger partial charge in [0.1, 0.15) is 0 Å². The van der Waals surface area contributed by atoms with Gasteiger partial charge in [-0.25, -0.2) is 0 Å². The van der Waals surface area contributed by atoms with E-state index in [1.54, 1.807) is 19.1 Å². The van der Waals surface area contributed by atoms with Crippen LogP contribution in [-0.2, 0) is 16.0 Å². The molecule has 172 valence electrons. The highest BCUT2D eigenvalue weighted by Crippen LogP contribution is 2.28. The molecule has 0 aromatic heterocycles. The van der Waals surface area contributed by atoms with Gasteiger partial charge in [-0.1, -0.05) is 42.5 Å². The fourth-order valence-corrected chi connectivity index (χ4v) is 4.36. The minimum absolute atomic E-state index is 0.0222. The van der Waals surface area contributed by atoms with Crippen LogP contribution in [0.15, 0.2) is 60.7 Å². The van der Waals surface area contributed by atoms with Crippen LogP contribution in [0.1, 0.15) is 30.5 Å². The standard InChI is InChI=1S/C27H30N2O4/c1-18(21-10-9-20-6-4-5-7-22(20)15-21)28-27(31)23-16-26(30)29(17-23)13-12-19-8-11-24(32-2)25(14-19)33-3/h4-11,14-15,18,23H,12-13,16-17H2,1-3H3,(H,28,31). The van der Waals surface area contributed by atoms with Crippen LogP contribution in [0.3, 0.4) is 0 Å². The maximum atomic E-state index is 12.9. The van der Waals surface area contributed by atoms with Gasteiger partial charge in [-0.3, -0.25) is 9.59 Å². The van der Waals surface area contributed by atoms with Crippen LogP contribution in [0.4, 0.5) is 0 Å². The minimum atomic E-state index is -0.328. The number of nitrogens with zero attached hydrogens (tertiary/aromatic N) is 1. The second-order valence-electron chi connectivity index (χ2n) is 8.52.